The van der Waals surface area contributed by atoms with Crippen LogP contribution in [0, 0.1) is 11.6 Å². The predicted molar refractivity (Wildman–Crippen MR) is 88.0 cm³/mol. The molecule has 1 aliphatic heterocycles. The van der Waals surface area contributed by atoms with E-state index in [-0.39, 0.29) is 16.1 Å². The van der Waals surface area contributed by atoms with Gasteiger partial charge in [0.05, 0.1) is 23.8 Å². The second-order valence-corrected chi connectivity index (χ2v) is 5.87. The normalized spacial score (nSPS) is 13.0. The van der Waals surface area contributed by atoms with Gasteiger partial charge in [0, 0.05) is 12.0 Å². The highest BCUT2D eigenvalue weighted by Gasteiger charge is 2.20. The van der Waals surface area contributed by atoms with Crippen molar-refractivity contribution in [1.82, 2.24) is 0 Å². The third-order valence-corrected chi connectivity index (χ3v) is 3.89. The van der Waals surface area contributed by atoms with Crippen molar-refractivity contribution in [3.63, 3.8) is 0 Å². The van der Waals surface area contributed by atoms with E-state index in [1.807, 2.05) is 0 Å². The topological polar surface area (TPSA) is 61.8 Å². The fourth-order valence-electron chi connectivity index (χ4n) is 2.32. The molecular weight excluding hydrogens is 370 g/mol. The summed E-state index contributed by atoms with van der Waals surface area (Å²) in [5.41, 5.74) is -0.0225. The van der Waals surface area contributed by atoms with E-state index < -0.39 is 30.0 Å². The van der Waals surface area contributed by atoms with Gasteiger partial charge in [-0.2, -0.15) is 0 Å². The highest BCUT2D eigenvalue weighted by atomic mass is 35.5. The first kappa shape index (κ1) is 18.1. The molecule has 26 heavy (non-hydrogen) atoms. The van der Waals surface area contributed by atoms with Gasteiger partial charge >= 0.3 is 5.97 Å². The second kappa shape index (κ2) is 7.70. The lowest BCUT2D eigenvalue weighted by Gasteiger charge is -2.11. The van der Waals surface area contributed by atoms with Crippen molar-refractivity contribution in [2.75, 3.05) is 19.8 Å². The first-order valence-electron chi connectivity index (χ1n) is 7.70. The van der Waals surface area contributed by atoms with Crippen LogP contribution in [0.3, 0.4) is 0 Å². The summed E-state index contributed by atoms with van der Waals surface area (Å²) in [7, 11) is 0. The van der Waals surface area contributed by atoms with Crippen LogP contribution in [-0.2, 0) is 4.74 Å². The van der Waals surface area contributed by atoms with Gasteiger partial charge in [-0.05, 0) is 30.3 Å². The van der Waals surface area contributed by atoms with Gasteiger partial charge in [0.25, 0.3) is 0 Å². The van der Waals surface area contributed by atoms with Crippen LogP contribution in [0.25, 0.3) is 0 Å². The second-order valence-electron chi connectivity index (χ2n) is 5.46. The third-order valence-electron chi connectivity index (χ3n) is 3.61. The van der Waals surface area contributed by atoms with E-state index >= 15 is 0 Å². The number of hydrogen-bond acceptors (Lipinski definition) is 5. The average Bonchev–Trinajstić information content (AvgIpc) is 2.87. The molecule has 8 heteroatoms. The monoisotopic (exact) mass is 382 g/mol. The van der Waals surface area contributed by atoms with E-state index in [4.69, 9.17) is 25.8 Å². The largest absolute Gasteiger partial charge is 0.489 e. The van der Waals surface area contributed by atoms with Crippen LogP contribution in [0.1, 0.15) is 27.1 Å². The number of halogens is 3. The lowest BCUT2D eigenvalue weighted by molar-refractivity contribution is 0.0474. The maximum Gasteiger partial charge on any atom is 0.338 e. The van der Waals surface area contributed by atoms with Gasteiger partial charge in [0.15, 0.2) is 35.5 Å². The van der Waals surface area contributed by atoms with E-state index in [9.17, 15) is 18.4 Å². The predicted octanol–water partition coefficient (Wildman–Crippen LogP) is 3.82. The minimum atomic E-state index is -1.16. The molecule has 3 rings (SSSR count). The number of hydrogen-bond donors (Lipinski definition) is 0. The quantitative estimate of drug-likeness (QED) is 0.594. The fourth-order valence-corrected chi connectivity index (χ4v) is 2.58. The molecule has 0 radical (unpaired) electrons. The molecule has 2 aromatic carbocycles. The van der Waals surface area contributed by atoms with Gasteiger partial charge < -0.3 is 14.2 Å². The number of benzene rings is 2. The Bertz CT molecular complexity index is 869. The Balaban J connectivity index is 1.70. The molecule has 5 nitrogen and oxygen atoms in total. The summed E-state index contributed by atoms with van der Waals surface area (Å²) in [6.45, 7) is 0.228. The van der Waals surface area contributed by atoms with Gasteiger partial charge in [-0.1, -0.05) is 11.6 Å². The van der Waals surface area contributed by atoms with E-state index in [2.05, 4.69) is 0 Å². The zero-order valence-corrected chi connectivity index (χ0v) is 14.1. The maximum absolute atomic E-state index is 13.2. The summed E-state index contributed by atoms with van der Waals surface area (Å²) in [6, 6.07) is 5.44. The van der Waals surface area contributed by atoms with Crippen LogP contribution in [-0.4, -0.2) is 31.6 Å². The summed E-state index contributed by atoms with van der Waals surface area (Å²) >= 11 is 6.10. The van der Waals surface area contributed by atoms with Crippen molar-refractivity contribution < 1.29 is 32.6 Å². The van der Waals surface area contributed by atoms with Gasteiger partial charge in [0.2, 0.25) is 0 Å². The summed E-state index contributed by atoms with van der Waals surface area (Å²) in [5, 5.41) is 0.184. The van der Waals surface area contributed by atoms with E-state index in [0.717, 1.165) is 18.2 Å². The van der Waals surface area contributed by atoms with Crippen LogP contribution in [0.15, 0.2) is 30.3 Å². The third kappa shape index (κ3) is 3.94. The molecule has 0 spiro atoms. The highest BCUT2D eigenvalue weighted by molar-refractivity contribution is 6.32. The Hall–Kier alpha value is -2.67. The lowest BCUT2D eigenvalue weighted by Crippen LogP contribution is -2.15. The molecule has 0 aromatic heterocycles. The van der Waals surface area contributed by atoms with Crippen molar-refractivity contribution in [3.8, 4) is 11.5 Å². The molecule has 0 saturated carbocycles. The Morgan fingerprint density at radius 1 is 1.04 bits per heavy atom. The number of esters is 1. The number of Topliss-reactive ketones (excluding diaryl/α,β-unsaturated/α-hetero) is 1. The molecule has 0 bridgehead atoms. The lowest BCUT2D eigenvalue weighted by atomic mass is 10.1. The first-order chi connectivity index (χ1) is 12.5. The van der Waals surface area contributed by atoms with Gasteiger partial charge in [0.1, 0.15) is 0 Å². The minimum absolute atomic E-state index is 0.0809. The molecule has 1 heterocycles. The minimum Gasteiger partial charge on any atom is -0.489 e. The van der Waals surface area contributed by atoms with Gasteiger partial charge in [-0.15, -0.1) is 0 Å². The average molecular weight is 383 g/mol. The van der Waals surface area contributed by atoms with Crippen molar-refractivity contribution in [3.05, 3.63) is 58.1 Å². The van der Waals surface area contributed by atoms with Gasteiger partial charge in [-0.25, -0.2) is 13.6 Å². The number of ketones is 1. The van der Waals surface area contributed by atoms with Crippen molar-refractivity contribution in [2.45, 2.75) is 6.42 Å². The van der Waals surface area contributed by atoms with E-state index in [1.54, 1.807) is 0 Å². The SMILES string of the molecule is O=C(COC(=O)c1cc(Cl)c2c(c1)OCCCO2)c1ccc(F)c(F)c1. The Morgan fingerprint density at radius 2 is 1.81 bits per heavy atom. The van der Waals surface area contributed by atoms with Crippen molar-refractivity contribution >= 4 is 23.4 Å². The molecule has 136 valence electrons. The number of fused-ring (bicyclic) bond motifs is 1. The number of ether oxygens (including phenoxy) is 3. The van der Waals surface area contributed by atoms with E-state index in [0.29, 0.717) is 31.1 Å². The Morgan fingerprint density at radius 3 is 2.58 bits per heavy atom. The molecule has 0 amide bonds. The van der Waals surface area contributed by atoms with Crippen LogP contribution >= 0.6 is 11.6 Å². The number of carbonyl (C=O) groups excluding carboxylic acids is 2. The van der Waals surface area contributed by atoms with Crippen LogP contribution in [0.4, 0.5) is 8.78 Å². The molecule has 0 aliphatic carbocycles. The number of carbonyl (C=O) groups is 2. The van der Waals surface area contributed by atoms with E-state index in [1.165, 1.54) is 12.1 Å². The van der Waals surface area contributed by atoms with Crippen LogP contribution in [0.2, 0.25) is 5.02 Å². The molecule has 0 atom stereocenters. The zero-order valence-electron chi connectivity index (χ0n) is 13.4. The summed E-state index contributed by atoms with van der Waals surface area (Å²) in [5.74, 6) is -3.04. The highest BCUT2D eigenvalue weighted by Crippen LogP contribution is 2.38. The standard InChI is InChI=1S/C18H13ClF2O5/c19-12-6-11(8-16-17(12)25-5-1-4-24-16)18(23)26-9-15(22)10-2-3-13(20)14(21)7-10/h2-3,6-8H,1,4-5,9H2. The van der Waals surface area contributed by atoms with Crippen molar-refractivity contribution in [2.24, 2.45) is 0 Å². The first-order valence-corrected chi connectivity index (χ1v) is 8.08. The van der Waals surface area contributed by atoms with Crippen LogP contribution in [0.5, 0.6) is 11.5 Å². The summed E-state index contributed by atoms with van der Waals surface area (Å²) < 4.78 is 41.9. The smallest absolute Gasteiger partial charge is 0.338 e. The fraction of sp³-hybridized carbons (Fsp3) is 0.222. The molecule has 1 aliphatic rings. The number of rotatable bonds is 4. The molecular formula is C18H13ClF2O5. The Kier molecular flexibility index (Phi) is 5.37. The summed E-state index contributed by atoms with van der Waals surface area (Å²) in [4.78, 5) is 24.1. The van der Waals surface area contributed by atoms with Crippen LogP contribution < -0.4 is 9.47 Å². The van der Waals surface area contributed by atoms with Crippen molar-refractivity contribution in [1.29, 1.82) is 0 Å². The molecule has 0 fully saturated rings. The molecule has 0 unspecified atom stereocenters. The Labute approximate surface area is 152 Å². The molecule has 0 N–H and O–H groups in total. The maximum atomic E-state index is 13.2. The zero-order chi connectivity index (χ0) is 18.7. The summed E-state index contributed by atoms with van der Waals surface area (Å²) in [6.07, 6.45) is 0.674. The van der Waals surface area contributed by atoms with Gasteiger partial charge in [-0.3, -0.25) is 4.79 Å². The molecule has 0 saturated heterocycles. The molecule has 2 aromatic rings.